The van der Waals surface area contributed by atoms with E-state index in [1.807, 2.05) is 46.8 Å². The van der Waals surface area contributed by atoms with Crippen LogP contribution in [-0.4, -0.2) is 24.9 Å². The van der Waals surface area contributed by atoms with Crippen LogP contribution in [0.3, 0.4) is 0 Å². The zero-order chi connectivity index (χ0) is 14.3. The molecule has 3 nitrogen and oxygen atoms in total. The predicted octanol–water partition coefficient (Wildman–Crippen LogP) is 3.04. The molecule has 0 unspecified atom stereocenters. The van der Waals surface area contributed by atoms with Crippen molar-refractivity contribution in [1.29, 1.82) is 0 Å². The Morgan fingerprint density at radius 1 is 1.16 bits per heavy atom. The Bertz CT molecular complexity index is 458. The lowest BCUT2D eigenvalue weighted by molar-refractivity contribution is 0.00578. The lowest BCUT2D eigenvalue weighted by Crippen LogP contribution is -2.41. The van der Waals surface area contributed by atoms with Gasteiger partial charge in [0.2, 0.25) is 0 Å². The summed E-state index contributed by atoms with van der Waals surface area (Å²) < 4.78 is 17.4. The first-order valence-electron chi connectivity index (χ1n) is 6.55. The number of benzene rings is 1. The molecule has 0 aromatic heterocycles. The van der Waals surface area contributed by atoms with Crippen molar-refractivity contribution < 1.29 is 14.0 Å². The van der Waals surface area contributed by atoms with Crippen LogP contribution in [0.5, 0.6) is 5.75 Å². The molecule has 0 spiro atoms. The highest BCUT2D eigenvalue weighted by molar-refractivity contribution is 6.65. The molecular weight excluding hydrogens is 262 g/mol. The Hall–Kier alpha value is -0.705. The molecule has 1 heterocycles. The van der Waals surface area contributed by atoms with E-state index in [1.165, 1.54) is 0 Å². The summed E-state index contributed by atoms with van der Waals surface area (Å²) in [5, 5.41) is 0.601. The number of ether oxygens (including phenoxy) is 1. The molecule has 1 aromatic rings. The number of rotatable bonds is 3. The minimum absolute atomic E-state index is 0.362. The average Bonchev–Trinajstić information content (AvgIpc) is 2.48. The zero-order valence-electron chi connectivity index (χ0n) is 12.1. The maximum atomic E-state index is 6.29. The summed E-state index contributed by atoms with van der Waals surface area (Å²) in [5.74, 6) is 0.757. The quantitative estimate of drug-likeness (QED) is 0.798. The molecule has 1 aromatic carbocycles. The molecule has 0 aliphatic carbocycles. The van der Waals surface area contributed by atoms with Gasteiger partial charge in [0.05, 0.1) is 17.8 Å². The van der Waals surface area contributed by atoms with Crippen LogP contribution in [0.2, 0.25) is 5.02 Å². The highest BCUT2D eigenvalue weighted by Gasteiger charge is 2.52. The van der Waals surface area contributed by atoms with Crippen LogP contribution in [0.1, 0.15) is 34.6 Å². The molecule has 0 atom stereocenters. The van der Waals surface area contributed by atoms with Gasteiger partial charge in [-0.15, -0.1) is 0 Å². The minimum atomic E-state index is -0.437. The van der Waals surface area contributed by atoms with Gasteiger partial charge in [0.1, 0.15) is 5.75 Å². The first-order chi connectivity index (χ1) is 8.77. The molecule has 19 heavy (non-hydrogen) atoms. The van der Waals surface area contributed by atoms with Gasteiger partial charge < -0.3 is 14.0 Å². The summed E-state index contributed by atoms with van der Waals surface area (Å²) in [6.07, 6.45) is 0. The lowest BCUT2D eigenvalue weighted by atomic mass is 9.79. The highest BCUT2D eigenvalue weighted by Crippen LogP contribution is 2.37. The molecule has 0 bridgehead atoms. The Kier molecular flexibility index (Phi) is 3.87. The fourth-order valence-corrected chi connectivity index (χ4v) is 2.19. The summed E-state index contributed by atoms with van der Waals surface area (Å²) in [4.78, 5) is 0. The minimum Gasteiger partial charge on any atom is -0.494 e. The van der Waals surface area contributed by atoms with Crippen molar-refractivity contribution in [2.24, 2.45) is 0 Å². The molecule has 1 fully saturated rings. The summed E-state index contributed by atoms with van der Waals surface area (Å²) >= 11 is 6.29. The van der Waals surface area contributed by atoms with Gasteiger partial charge in [-0.05, 0) is 46.8 Å². The van der Waals surface area contributed by atoms with E-state index in [9.17, 15) is 0 Å². The van der Waals surface area contributed by atoms with Crippen molar-refractivity contribution in [3.63, 3.8) is 0 Å². The molecule has 2 rings (SSSR count). The van der Waals surface area contributed by atoms with Gasteiger partial charge in [0, 0.05) is 10.5 Å². The fourth-order valence-electron chi connectivity index (χ4n) is 1.93. The van der Waals surface area contributed by atoms with E-state index < -0.39 is 7.12 Å². The van der Waals surface area contributed by atoms with Crippen LogP contribution < -0.4 is 10.2 Å². The zero-order valence-corrected chi connectivity index (χ0v) is 12.9. The third-order valence-electron chi connectivity index (χ3n) is 3.79. The van der Waals surface area contributed by atoms with Crippen molar-refractivity contribution in [3.05, 3.63) is 23.2 Å². The molecule has 0 N–H and O–H groups in total. The van der Waals surface area contributed by atoms with Crippen LogP contribution >= 0.6 is 11.6 Å². The van der Waals surface area contributed by atoms with Crippen molar-refractivity contribution in [2.45, 2.75) is 45.8 Å². The number of halogens is 1. The summed E-state index contributed by atoms with van der Waals surface area (Å²) in [6.45, 7) is 10.7. The molecule has 104 valence electrons. The molecule has 0 radical (unpaired) electrons. The molecule has 0 saturated carbocycles. The van der Waals surface area contributed by atoms with Crippen molar-refractivity contribution in [2.75, 3.05) is 6.61 Å². The number of hydrogen-bond donors (Lipinski definition) is 0. The Balaban J connectivity index is 2.25. The van der Waals surface area contributed by atoms with E-state index in [1.54, 1.807) is 6.07 Å². The SMILES string of the molecule is CCOc1ccc(B2OC(C)(C)C(C)(C)O2)c(Cl)c1. The third kappa shape index (κ3) is 2.76. The van der Waals surface area contributed by atoms with E-state index in [-0.39, 0.29) is 11.2 Å². The van der Waals surface area contributed by atoms with E-state index in [2.05, 4.69) is 0 Å². The molecule has 1 aliphatic rings. The van der Waals surface area contributed by atoms with Crippen LogP contribution in [0.15, 0.2) is 18.2 Å². The maximum absolute atomic E-state index is 6.29. The monoisotopic (exact) mass is 282 g/mol. The van der Waals surface area contributed by atoms with E-state index >= 15 is 0 Å². The van der Waals surface area contributed by atoms with Crippen LogP contribution in [0.4, 0.5) is 0 Å². The van der Waals surface area contributed by atoms with E-state index in [0.717, 1.165) is 11.2 Å². The van der Waals surface area contributed by atoms with Gasteiger partial charge in [0.25, 0.3) is 0 Å². The van der Waals surface area contributed by atoms with Gasteiger partial charge in [-0.3, -0.25) is 0 Å². The summed E-state index contributed by atoms with van der Waals surface area (Å²) in [5.41, 5.74) is 0.114. The van der Waals surface area contributed by atoms with Crippen LogP contribution in [0, 0.1) is 0 Å². The first kappa shape index (κ1) is 14.7. The second-order valence-electron chi connectivity index (χ2n) is 5.70. The van der Waals surface area contributed by atoms with Gasteiger partial charge in [-0.2, -0.15) is 0 Å². The van der Waals surface area contributed by atoms with Gasteiger partial charge in [-0.1, -0.05) is 17.7 Å². The molecule has 0 amide bonds. The standard InChI is InChI=1S/C14H20BClO3/c1-6-17-10-7-8-11(12(16)9-10)15-18-13(2,3)14(4,5)19-15/h7-9H,6H2,1-5H3. The average molecular weight is 283 g/mol. The fraction of sp³-hybridized carbons (Fsp3) is 0.571. The smallest absolute Gasteiger partial charge is 0.494 e. The Morgan fingerprint density at radius 3 is 2.21 bits per heavy atom. The topological polar surface area (TPSA) is 27.7 Å². The van der Waals surface area contributed by atoms with E-state index in [0.29, 0.717) is 11.6 Å². The van der Waals surface area contributed by atoms with E-state index in [4.69, 9.17) is 25.6 Å². The second kappa shape index (κ2) is 5.00. The second-order valence-corrected chi connectivity index (χ2v) is 6.11. The molecule has 1 saturated heterocycles. The molecule has 1 aliphatic heterocycles. The van der Waals surface area contributed by atoms with Crippen molar-refractivity contribution in [1.82, 2.24) is 0 Å². The number of hydrogen-bond acceptors (Lipinski definition) is 3. The highest BCUT2D eigenvalue weighted by atomic mass is 35.5. The summed E-state index contributed by atoms with van der Waals surface area (Å²) in [7, 11) is -0.437. The summed E-state index contributed by atoms with van der Waals surface area (Å²) in [6, 6.07) is 5.58. The molecule has 5 heteroatoms. The molecular formula is C14H20BClO3. The maximum Gasteiger partial charge on any atom is 0.496 e. The van der Waals surface area contributed by atoms with Crippen LogP contribution in [-0.2, 0) is 9.31 Å². The lowest BCUT2D eigenvalue weighted by Gasteiger charge is -2.32. The Morgan fingerprint density at radius 2 is 1.74 bits per heavy atom. The normalized spacial score (nSPS) is 20.6. The third-order valence-corrected chi connectivity index (χ3v) is 4.12. The largest absolute Gasteiger partial charge is 0.496 e. The van der Waals surface area contributed by atoms with Gasteiger partial charge in [0.15, 0.2) is 0 Å². The van der Waals surface area contributed by atoms with Gasteiger partial charge >= 0.3 is 7.12 Å². The van der Waals surface area contributed by atoms with Crippen LogP contribution in [0.25, 0.3) is 0 Å². The van der Waals surface area contributed by atoms with Gasteiger partial charge in [-0.25, -0.2) is 0 Å². The Labute approximate surface area is 120 Å². The predicted molar refractivity (Wildman–Crippen MR) is 78.3 cm³/mol. The van der Waals surface area contributed by atoms with Crippen molar-refractivity contribution >= 4 is 24.2 Å². The first-order valence-corrected chi connectivity index (χ1v) is 6.92. The van der Waals surface area contributed by atoms with Crippen molar-refractivity contribution in [3.8, 4) is 5.75 Å².